The monoisotopic (exact) mass is 342 g/mol. The van der Waals surface area contributed by atoms with E-state index in [1.807, 2.05) is 43.6 Å². The maximum atomic E-state index is 11.6. The molecule has 0 unspecified atom stereocenters. The molecule has 3 N–H and O–H groups in total. The highest BCUT2D eigenvalue weighted by Gasteiger charge is 2.14. The molecule has 0 saturated heterocycles. The second-order valence-electron chi connectivity index (χ2n) is 5.52. The summed E-state index contributed by atoms with van der Waals surface area (Å²) in [4.78, 5) is 4.38. The fraction of sp³-hybridized carbons (Fsp3) is 0.118. The summed E-state index contributed by atoms with van der Waals surface area (Å²) < 4.78 is 25.1. The molecule has 0 aliphatic heterocycles. The van der Waals surface area contributed by atoms with E-state index in [9.17, 15) is 8.42 Å². The summed E-state index contributed by atoms with van der Waals surface area (Å²) in [7, 11) is -1.91. The first kappa shape index (κ1) is 16.2. The van der Waals surface area contributed by atoms with Crippen LogP contribution in [0, 0.1) is 0 Å². The van der Waals surface area contributed by atoms with E-state index in [0.717, 1.165) is 11.3 Å². The highest BCUT2D eigenvalue weighted by atomic mass is 32.2. The second kappa shape index (κ2) is 6.46. The number of anilines is 1. The van der Waals surface area contributed by atoms with E-state index in [-0.39, 0.29) is 4.90 Å². The summed E-state index contributed by atoms with van der Waals surface area (Å²) in [5.74, 6) is 0. The molecular weight excluding hydrogens is 324 g/mol. The van der Waals surface area contributed by atoms with Crippen LogP contribution in [0.15, 0.2) is 66.0 Å². The van der Waals surface area contributed by atoms with Crippen molar-refractivity contribution in [3.05, 3.63) is 66.6 Å². The van der Waals surface area contributed by atoms with Crippen LogP contribution in [0.3, 0.4) is 0 Å². The fourth-order valence-corrected chi connectivity index (χ4v) is 2.95. The third-order valence-electron chi connectivity index (χ3n) is 3.63. The number of aryl methyl sites for hydroxylation is 1. The van der Waals surface area contributed by atoms with Gasteiger partial charge in [0.1, 0.15) is 0 Å². The van der Waals surface area contributed by atoms with Crippen molar-refractivity contribution in [3.8, 4) is 11.3 Å². The lowest BCUT2D eigenvalue weighted by Crippen LogP contribution is -2.12. The molecule has 24 heavy (non-hydrogen) atoms. The van der Waals surface area contributed by atoms with Gasteiger partial charge in [0.15, 0.2) is 0 Å². The largest absolute Gasteiger partial charge is 0.380 e. The zero-order valence-corrected chi connectivity index (χ0v) is 14.0. The summed E-state index contributed by atoms with van der Waals surface area (Å²) in [5.41, 5.74) is 3.29. The van der Waals surface area contributed by atoms with E-state index in [1.165, 1.54) is 6.07 Å². The van der Waals surface area contributed by atoms with Gasteiger partial charge in [-0.05, 0) is 23.8 Å². The predicted octanol–water partition coefficient (Wildman–Crippen LogP) is 2.35. The number of nitrogens with zero attached hydrogens (tertiary/aromatic N) is 2. The number of nitrogens with two attached hydrogens (primary N) is 1. The Morgan fingerprint density at radius 3 is 2.54 bits per heavy atom. The highest BCUT2D eigenvalue weighted by molar-refractivity contribution is 7.89. The number of primary sulfonamides is 1. The minimum absolute atomic E-state index is 0.0633. The van der Waals surface area contributed by atoms with Crippen molar-refractivity contribution in [2.24, 2.45) is 12.2 Å². The molecule has 7 heteroatoms. The third kappa shape index (κ3) is 3.64. The number of hydrogen-bond donors (Lipinski definition) is 2. The minimum Gasteiger partial charge on any atom is -0.380 e. The summed E-state index contributed by atoms with van der Waals surface area (Å²) in [6, 6.07) is 14.7. The molecule has 124 valence electrons. The van der Waals surface area contributed by atoms with Gasteiger partial charge in [-0.25, -0.2) is 18.5 Å². The predicted molar refractivity (Wildman–Crippen MR) is 93.8 cm³/mol. The Hall–Kier alpha value is -2.64. The number of imidazole rings is 1. The van der Waals surface area contributed by atoms with Crippen LogP contribution in [0.5, 0.6) is 0 Å². The standard InChI is InChI=1S/C17H18N4O2S/c1-21-11-17(20-12-21)15-9-14(24(18,22)23)7-8-16(15)19-10-13-5-3-2-4-6-13/h2-9,11-12,19H,10H2,1H3,(H2,18,22,23). The number of rotatable bonds is 5. The smallest absolute Gasteiger partial charge is 0.238 e. The van der Waals surface area contributed by atoms with Gasteiger partial charge in [-0.1, -0.05) is 30.3 Å². The van der Waals surface area contributed by atoms with E-state index in [0.29, 0.717) is 17.8 Å². The van der Waals surface area contributed by atoms with Gasteiger partial charge in [-0.2, -0.15) is 0 Å². The molecule has 0 spiro atoms. The molecule has 0 aliphatic rings. The molecule has 3 aromatic rings. The fourth-order valence-electron chi connectivity index (χ4n) is 2.41. The van der Waals surface area contributed by atoms with Crippen LogP contribution in [0.25, 0.3) is 11.3 Å². The molecule has 0 aliphatic carbocycles. The van der Waals surface area contributed by atoms with Crippen LogP contribution in [-0.2, 0) is 23.6 Å². The van der Waals surface area contributed by atoms with Gasteiger partial charge >= 0.3 is 0 Å². The van der Waals surface area contributed by atoms with E-state index in [1.54, 1.807) is 23.0 Å². The Morgan fingerprint density at radius 1 is 1.17 bits per heavy atom. The molecule has 3 rings (SSSR count). The summed E-state index contributed by atoms with van der Waals surface area (Å²) in [6.45, 7) is 0.620. The Bertz CT molecular complexity index is 950. The van der Waals surface area contributed by atoms with E-state index in [4.69, 9.17) is 5.14 Å². The second-order valence-corrected chi connectivity index (χ2v) is 7.08. The van der Waals surface area contributed by atoms with Crippen LogP contribution in [0.1, 0.15) is 5.56 Å². The molecule has 0 saturated carbocycles. The molecule has 0 fully saturated rings. The van der Waals surface area contributed by atoms with Gasteiger partial charge in [-0.3, -0.25) is 0 Å². The average Bonchev–Trinajstić information content (AvgIpc) is 2.99. The summed E-state index contributed by atoms with van der Waals surface area (Å²) in [5, 5.41) is 8.58. The molecule has 0 radical (unpaired) electrons. The van der Waals surface area contributed by atoms with Crippen LogP contribution in [0.2, 0.25) is 0 Å². The Morgan fingerprint density at radius 2 is 1.92 bits per heavy atom. The van der Waals surface area contributed by atoms with Crippen LogP contribution >= 0.6 is 0 Å². The quantitative estimate of drug-likeness (QED) is 0.745. The van der Waals surface area contributed by atoms with Crippen molar-refractivity contribution in [3.63, 3.8) is 0 Å². The zero-order valence-electron chi connectivity index (χ0n) is 13.2. The molecule has 0 atom stereocenters. The first-order chi connectivity index (χ1) is 11.4. The van der Waals surface area contributed by atoms with E-state index < -0.39 is 10.0 Å². The van der Waals surface area contributed by atoms with Gasteiger partial charge < -0.3 is 9.88 Å². The summed E-state index contributed by atoms with van der Waals surface area (Å²) >= 11 is 0. The third-order valence-corrected chi connectivity index (χ3v) is 4.54. The normalized spacial score (nSPS) is 11.4. The number of sulfonamides is 1. The van der Waals surface area contributed by atoms with E-state index >= 15 is 0 Å². The maximum Gasteiger partial charge on any atom is 0.238 e. The SMILES string of the molecule is Cn1cnc(-c2cc(S(N)(=O)=O)ccc2NCc2ccccc2)c1. The summed E-state index contributed by atoms with van der Waals surface area (Å²) in [6.07, 6.45) is 3.50. The van der Waals surface area contributed by atoms with Crippen LogP contribution in [-0.4, -0.2) is 18.0 Å². The van der Waals surface area contributed by atoms with Crippen molar-refractivity contribution in [2.75, 3.05) is 5.32 Å². The van der Waals surface area contributed by atoms with Gasteiger partial charge in [0, 0.05) is 31.0 Å². The topological polar surface area (TPSA) is 90.0 Å². The van der Waals surface area contributed by atoms with Crippen molar-refractivity contribution in [1.82, 2.24) is 9.55 Å². The van der Waals surface area contributed by atoms with Crippen molar-refractivity contribution in [1.29, 1.82) is 0 Å². The first-order valence-electron chi connectivity index (χ1n) is 7.36. The van der Waals surface area contributed by atoms with Crippen molar-refractivity contribution >= 4 is 15.7 Å². The molecule has 0 amide bonds. The van der Waals surface area contributed by atoms with Gasteiger partial charge in [0.2, 0.25) is 10.0 Å². The minimum atomic E-state index is -3.77. The molecule has 2 aromatic carbocycles. The highest BCUT2D eigenvalue weighted by Crippen LogP contribution is 2.29. The lowest BCUT2D eigenvalue weighted by atomic mass is 10.1. The number of hydrogen-bond acceptors (Lipinski definition) is 4. The van der Waals surface area contributed by atoms with Gasteiger partial charge in [0.05, 0.1) is 16.9 Å². The molecular formula is C17H18N4O2S. The zero-order chi connectivity index (χ0) is 17.2. The molecule has 1 heterocycles. The Balaban J connectivity index is 1.98. The maximum absolute atomic E-state index is 11.6. The average molecular weight is 342 g/mol. The molecule has 0 bridgehead atoms. The van der Waals surface area contributed by atoms with E-state index in [2.05, 4.69) is 10.3 Å². The van der Waals surface area contributed by atoms with Crippen molar-refractivity contribution in [2.45, 2.75) is 11.4 Å². The number of nitrogens with one attached hydrogen (secondary N) is 1. The van der Waals surface area contributed by atoms with Gasteiger partial charge in [0.25, 0.3) is 0 Å². The Kier molecular flexibility index (Phi) is 4.37. The molecule has 6 nitrogen and oxygen atoms in total. The Labute approximate surface area is 141 Å². The van der Waals surface area contributed by atoms with Crippen LogP contribution < -0.4 is 10.5 Å². The lowest BCUT2D eigenvalue weighted by Gasteiger charge is -2.12. The van der Waals surface area contributed by atoms with Gasteiger partial charge in [-0.15, -0.1) is 0 Å². The number of benzene rings is 2. The van der Waals surface area contributed by atoms with Crippen molar-refractivity contribution < 1.29 is 8.42 Å². The molecule has 1 aromatic heterocycles. The number of aromatic nitrogens is 2. The lowest BCUT2D eigenvalue weighted by molar-refractivity contribution is 0.598. The van der Waals surface area contributed by atoms with Crippen LogP contribution in [0.4, 0.5) is 5.69 Å². The first-order valence-corrected chi connectivity index (χ1v) is 8.91.